The first kappa shape index (κ1) is 33.5. The van der Waals surface area contributed by atoms with Crippen LogP contribution in [0.5, 0.6) is 0 Å². The molecule has 0 unspecified atom stereocenters. The molecule has 0 aliphatic rings. The maximum Gasteiger partial charge on any atom is 0.160 e. The van der Waals surface area contributed by atoms with Gasteiger partial charge in [-0.15, -0.1) is 0 Å². The summed E-state index contributed by atoms with van der Waals surface area (Å²) in [6.45, 7) is 0. The molecule has 0 fully saturated rings. The molecule has 0 aliphatic carbocycles. The fourth-order valence-corrected chi connectivity index (χ4v) is 8.05. The lowest BCUT2D eigenvalue weighted by atomic mass is 9.93. The van der Waals surface area contributed by atoms with Crippen LogP contribution in [0.1, 0.15) is 0 Å². The molecule has 0 atom stereocenters. The van der Waals surface area contributed by atoms with Gasteiger partial charge in [0.15, 0.2) is 11.3 Å². The number of aromatic nitrogens is 4. The Balaban J connectivity index is 1.04. The third kappa shape index (κ3) is 6.14. The Hall–Kier alpha value is -7.82. The predicted molar refractivity (Wildman–Crippen MR) is 240 cm³/mol. The molecule has 0 amide bonds. The third-order valence-electron chi connectivity index (χ3n) is 11.0. The van der Waals surface area contributed by atoms with Crippen LogP contribution < -0.4 is 0 Å². The molecule has 4 aromatic heterocycles. The second-order valence-corrected chi connectivity index (χ2v) is 14.7. The summed E-state index contributed by atoms with van der Waals surface area (Å²) in [4.78, 5) is 20.8. The van der Waals surface area contributed by atoms with Crippen molar-refractivity contribution in [3.05, 3.63) is 206 Å². The van der Waals surface area contributed by atoms with Crippen molar-refractivity contribution >= 4 is 43.6 Å². The van der Waals surface area contributed by atoms with Crippen LogP contribution in [-0.4, -0.2) is 19.9 Å². The van der Waals surface area contributed by atoms with E-state index in [2.05, 4.69) is 194 Å². The molecule has 0 bridgehead atoms. The number of rotatable bonds is 6. The standard InChI is InChI=1S/C54H34N4/c1-3-14-37(15-4-1)51-47(33-45-26-28-49(55-53(45)57-51)43-24-22-35-12-7-9-18-39(35)30-43)41-20-11-21-42(32-41)48-34-46-27-29-50(44-25-23-36-13-8-10-19-40(36)31-44)56-54(46)58-52(48)38-16-5-2-6-17-38/h1-34H. The minimum atomic E-state index is 0.713. The molecular weight excluding hydrogens is 705 g/mol. The van der Waals surface area contributed by atoms with E-state index in [1.807, 2.05) is 12.1 Å². The first-order chi connectivity index (χ1) is 28.7. The molecule has 4 heterocycles. The minimum absolute atomic E-state index is 0.713. The Morgan fingerprint density at radius 2 is 0.621 bits per heavy atom. The van der Waals surface area contributed by atoms with Gasteiger partial charge in [0.2, 0.25) is 0 Å². The van der Waals surface area contributed by atoms with E-state index in [4.69, 9.17) is 19.9 Å². The zero-order valence-corrected chi connectivity index (χ0v) is 31.4. The summed E-state index contributed by atoms with van der Waals surface area (Å²) >= 11 is 0. The van der Waals surface area contributed by atoms with Gasteiger partial charge in [-0.2, -0.15) is 0 Å². The summed E-state index contributed by atoms with van der Waals surface area (Å²) in [6.07, 6.45) is 0. The fourth-order valence-electron chi connectivity index (χ4n) is 8.05. The monoisotopic (exact) mass is 738 g/mol. The molecule has 0 aliphatic heterocycles. The van der Waals surface area contributed by atoms with E-state index < -0.39 is 0 Å². The first-order valence-corrected chi connectivity index (χ1v) is 19.5. The van der Waals surface area contributed by atoms with Crippen molar-refractivity contribution in [1.82, 2.24) is 19.9 Å². The van der Waals surface area contributed by atoms with Gasteiger partial charge in [-0.25, -0.2) is 19.9 Å². The highest BCUT2D eigenvalue weighted by Gasteiger charge is 2.17. The summed E-state index contributed by atoms with van der Waals surface area (Å²) in [6, 6.07) is 72.3. The number of hydrogen-bond acceptors (Lipinski definition) is 4. The lowest BCUT2D eigenvalue weighted by Crippen LogP contribution is -1.96. The zero-order chi connectivity index (χ0) is 38.4. The first-order valence-electron chi connectivity index (χ1n) is 19.5. The Morgan fingerprint density at radius 1 is 0.224 bits per heavy atom. The van der Waals surface area contributed by atoms with Gasteiger partial charge in [-0.05, 0) is 87.3 Å². The summed E-state index contributed by atoms with van der Waals surface area (Å²) in [7, 11) is 0. The van der Waals surface area contributed by atoms with Gasteiger partial charge in [0.05, 0.1) is 22.8 Å². The molecule has 4 heteroatoms. The number of pyridine rings is 4. The van der Waals surface area contributed by atoms with Crippen molar-refractivity contribution in [2.24, 2.45) is 0 Å². The minimum Gasteiger partial charge on any atom is -0.228 e. The van der Waals surface area contributed by atoms with Gasteiger partial charge in [0, 0.05) is 44.2 Å². The number of nitrogens with zero attached hydrogens (tertiary/aromatic N) is 4. The van der Waals surface area contributed by atoms with Crippen LogP contribution in [0.2, 0.25) is 0 Å². The van der Waals surface area contributed by atoms with E-state index in [1.165, 1.54) is 21.5 Å². The Kier molecular flexibility index (Phi) is 8.11. The summed E-state index contributed by atoms with van der Waals surface area (Å²) in [5.74, 6) is 0. The molecule has 7 aromatic carbocycles. The van der Waals surface area contributed by atoms with Crippen LogP contribution in [0.25, 0.3) is 111 Å². The smallest absolute Gasteiger partial charge is 0.160 e. The van der Waals surface area contributed by atoms with Crippen LogP contribution in [0.3, 0.4) is 0 Å². The second kappa shape index (κ2) is 14.0. The van der Waals surface area contributed by atoms with Crippen molar-refractivity contribution in [3.8, 4) is 67.3 Å². The van der Waals surface area contributed by atoms with Crippen LogP contribution in [-0.2, 0) is 0 Å². The van der Waals surface area contributed by atoms with E-state index in [0.717, 1.165) is 78.1 Å². The highest BCUT2D eigenvalue weighted by molar-refractivity contribution is 5.96. The highest BCUT2D eigenvalue weighted by atomic mass is 14.9. The summed E-state index contributed by atoms with van der Waals surface area (Å²) in [5.41, 5.74) is 13.4. The molecule has 0 saturated heterocycles. The predicted octanol–water partition coefficient (Wildman–Crippen LogP) is 13.9. The lowest BCUT2D eigenvalue weighted by Gasteiger charge is -2.15. The van der Waals surface area contributed by atoms with E-state index in [1.54, 1.807) is 0 Å². The number of fused-ring (bicyclic) bond motifs is 4. The lowest BCUT2D eigenvalue weighted by molar-refractivity contribution is 1.29. The molecule has 270 valence electrons. The second-order valence-electron chi connectivity index (χ2n) is 14.7. The third-order valence-corrected chi connectivity index (χ3v) is 11.0. The molecule has 4 nitrogen and oxygen atoms in total. The van der Waals surface area contributed by atoms with Crippen LogP contribution >= 0.6 is 0 Å². The molecule has 0 N–H and O–H groups in total. The number of hydrogen-bond donors (Lipinski definition) is 0. The zero-order valence-electron chi connectivity index (χ0n) is 31.4. The summed E-state index contributed by atoms with van der Waals surface area (Å²) in [5, 5.41) is 6.76. The van der Waals surface area contributed by atoms with Crippen molar-refractivity contribution in [2.75, 3.05) is 0 Å². The van der Waals surface area contributed by atoms with E-state index in [-0.39, 0.29) is 0 Å². The van der Waals surface area contributed by atoms with Gasteiger partial charge >= 0.3 is 0 Å². The van der Waals surface area contributed by atoms with Gasteiger partial charge in [0.1, 0.15) is 0 Å². The Labute approximate surface area is 335 Å². The maximum absolute atomic E-state index is 5.30. The number of benzene rings is 7. The topological polar surface area (TPSA) is 51.6 Å². The molecule has 58 heavy (non-hydrogen) atoms. The SMILES string of the molecule is c1ccc(-c2nc3nc(-c4ccc5ccccc5c4)ccc3cc2-c2cccc(-c3cc4ccc(-c5ccc6ccccc6c5)nc4nc3-c3ccccc3)c2)cc1. The molecular formula is C54H34N4. The van der Waals surface area contributed by atoms with Crippen molar-refractivity contribution in [3.63, 3.8) is 0 Å². The molecule has 0 radical (unpaired) electrons. The van der Waals surface area contributed by atoms with E-state index in [0.29, 0.717) is 11.3 Å². The quantitative estimate of drug-likeness (QED) is 0.170. The van der Waals surface area contributed by atoms with Crippen LogP contribution in [0.15, 0.2) is 206 Å². The van der Waals surface area contributed by atoms with Crippen molar-refractivity contribution in [2.45, 2.75) is 0 Å². The largest absolute Gasteiger partial charge is 0.228 e. The maximum atomic E-state index is 5.30. The van der Waals surface area contributed by atoms with Gasteiger partial charge in [-0.3, -0.25) is 0 Å². The van der Waals surface area contributed by atoms with E-state index >= 15 is 0 Å². The van der Waals surface area contributed by atoms with Crippen LogP contribution in [0, 0.1) is 0 Å². The average molecular weight is 739 g/mol. The van der Waals surface area contributed by atoms with Crippen molar-refractivity contribution < 1.29 is 0 Å². The van der Waals surface area contributed by atoms with Gasteiger partial charge in [-0.1, -0.05) is 152 Å². The van der Waals surface area contributed by atoms with Gasteiger partial charge in [0.25, 0.3) is 0 Å². The molecule has 0 spiro atoms. The molecule has 0 saturated carbocycles. The molecule has 11 rings (SSSR count). The van der Waals surface area contributed by atoms with Crippen molar-refractivity contribution in [1.29, 1.82) is 0 Å². The van der Waals surface area contributed by atoms with E-state index in [9.17, 15) is 0 Å². The Bertz CT molecular complexity index is 3120. The van der Waals surface area contributed by atoms with Gasteiger partial charge < -0.3 is 0 Å². The average Bonchev–Trinajstić information content (AvgIpc) is 3.30. The fraction of sp³-hybridized carbons (Fsp3) is 0. The summed E-state index contributed by atoms with van der Waals surface area (Å²) < 4.78 is 0. The highest BCUT2D eigenvalue weighted by Crippen LogP contribution is 2.39. The Morgan fingerprint density at radius 3 is 1.09 bits per heavy atom. The normalized spacial score (nSPS) is 11.4. The molecule has 11 aromatic rings. The van der Waals surface area contributed by atoms with Crippen LogP contribution in [0.4, 0.5) is 0 Å².